The summed E-state index contributed by atoms with van der Waals surface area (Å²) in [5, 5.41) is 8.17. The lowest BCUT2D eigenvalue weighted by atomic mass is 9.97. The predicted octanol–water partition coefficient (Wildman–Crippen LogP) is 2.16. The quantitative estimate of drug-likeness (QED) is 0.209. The third kappa shape index (κ3) is 9.94. The molecule has 0 aliphatic heterocycles. The Morgan fingerprint density at radius 3 is 2.22 bits per heavy atom. The zero-order chi connectivity index (χ0) is 24.1. The molecule has 0 heterocycles. The Kier molecular flexibility index (Phi) is 12.8. The van der Waals surface area contributed by atoms with Gasteiger partial charge in [0.05, 0.1) is 0 Å². The third-order valence-electron chi connectivity index (χ3n) is 5.25. The number of carbonyl (C=O) groups excluding carboxylic acids is 3. The van der Waals surface area contributed by atoms with Gasteiger partial charge in [0.2, 0.25) is 17.7 Å². The van der Waals surface area contributed by atoms with E-state index in [9.17, 15) is 14.4 Å². The van der Waals surface area contributed by atoms with Crippen LogP contribution in [0.25, 0.3) is 0 Å². The largest absolute Gasteiger partial charge is 0.427 e. The van der Waals surface area contributed by atoms with Crippen LogP contribution in [0.15, 0.2) is 24.3 Å². The predicted molar refractivity (Wildman–Crippen MR) is 124 cm³/mol. The Bertz CT molecular complexity index is 729. The second kappa shape index (κ2) is 14.8. The van der Waals surface area contributed by atoms with Crippen molar-refractivity contribution in [1.29, 1.82) is 0 Å². The molecule has 3 atom stereocenters. The summed E-state index contributed by atoms with van der Waals surface area (Å²) < 4.78 is 4.85. The van der Waals surface area contributed by atoms with Crippen molar-refractivity contribution in [2.24, 2.45) is 5.92 Å². The lowest BCUT2D eigenvalue weighted by Crippen LogP contribution is -2.56. The Morgan fingerprint density at radius 2 is 1.69 bits per heavy atom. The molecule has 9 nitrogen and oxygen atoms in total. The lowest BCUT2D eigenvalue weighted by Gasteiger charge is -2.26. The molecule has 0 bridgehead atoms. The van der Waals surface area contributed by atoms with Crippen molar-refractivity contribution in [1.82, 2.24) is 16.0 Å². The number of hydrogen-bond donors (Lipinski definition) is 5. The number of unbranched alkanes of at least 4 members (excludes halogenated alkanes) is 2. The average molecular weight is 470 g/mol. The van der Waals surface area contributed by atoms with Gasteiger partial charge >= 0.3 is 8.60 Å². The second-order valence-electron chi connectivity index (χ2n) is 7.76. The summed E-state index contributed by atoms with van der Waals surface area (Å²) in [6, 6.07) is 4.91. The molecular weight excluding hydrogens is 433 g/mol. The minimum Gasteiger partial charge on any atom is -0.427 e. The van der Waals surface area contributed by atoms with E-state index in [1.807, 2.05) is 20.8 Å². The van der Waals surface area contributed by atoms with Gasteiger partial charge in [0, 0.05) is 19.9 Å². The van der Waals surface area contributed by atoms with Gasteiger partial charge in [0.15, 0.2) is 0 Å². The molecule has 32 heavy (non-hydrogen) atoms. The van der Waals surface area contributed by atoms with E-state index >= 15 is 0 Å². The van der Waals surface area contributed by atoms with Crippen molar-refractivity contribution in [2.75, 3.05) is 7.05 Å². The summed E-state index contributed by atoms with van der Waals surface area (Å²) in [6.45, 7) is 5.87. The fourth-order valence-corrected chi connectivity index (χ4v) is 3.45. The maximum Gasteiger partial charge on any atom is 0.391 e. The molecule has 0 aliphatic rings. The molecule has 1 aromatic rings. The molecule has 0 saturated carbocycles. The van der Waals surface area contributed by atoms with Crippen LogP contribution in [0, 0.1) is 5.92 Å². The third-order valence-corrected chi connectivity index (χ3v) is 5.62. The van der Waals surface area contributed by atoms with E-state index in [2.05, 4.69) is 16.0 Å². The molecule has 3 amide bonds. The summed E-state index contributed by atoms with van der Waals surface area (Å²) in [7, 11) is -0.999. The number of benzene rings is 1. The van der Waals surface area contributed by atoms with Crippen molar-refractivity contribution < 1.29 is 28.7 Å². The van der Waals surface area contributed by atoms with Gasteiger partial charge in [-0.25, -0.2) is 0 Å². The van der Waals surface area contributed by atoms with E-state index in [-0.39, 0.29) is 29.9 Å². The van der Waals surface area contributed by atoms with Crippen LogP contribution in [0.3, 0.4) is 0 Å². The summed E-state index contributed by atoms with van der Waals surface area (Å²) in [5.74, 6) is -0.733. The van der Waals surface area contributed by atoms with Gasteiger partial charge in [-0.05, 0) is 30.0 Å². The number of likely N-dealkylation sites (N-methyl/N-ethyl adjacent to an activating group) is 1. The van der Waals surface area contributed by atoms with Crippen molar-refractivity contribution in [3.05, 3.63) is 29.8 Å². The van der Waals surface area contributed by atoms with Crippen LogP contribution >= 0.6 is 8.60 Å². The van der Waals surface area contributed by atoms with E-state index in [1.165, 1.54) is 7.05 Å². The van der Waals surface area contributed by atoms with Crippen LogP contribution in [0.5, 0.6) is 5.75 Å². The Hall–Kier alpha value is -2.22. The van der Waals surface area contributed by atoms with Gasteiger partial charge < -0.3 is 30.3 Å². The van der Waals surface area contributed by atoms with E-state index in [0.29, 0.717) is 12.8 Å². The minimum absolute atomic E-state index is 0.0805. The maximum absolute atomic E-state index is 13.1. The minimum atomic E-state index is -2.52. The zero-order valence-electron chi connectivity index (χ0n) is 19.3. The first-order chi connectivity index (χ1) is 15.2. The average Bonchev–Trinajstić information content (AvgIpc) is 2.76. The Labute approximate surface area is 191 Å². The molecule has 10 heteroatoms. The van der Waals surface area contributed by atoms with E-state index in [0.717, 1.165) is 24.8 Å². The first-order valence-electron chi connectivity index (χ1n) is 11.0. The Morgan fingerprint density at radius 1 is 1.03 bits per heavy atom. The van der Waals surface area contributed by atoms with Crippen LogP contribution < -0.4 is 20.5 Å². The normalized spacial score (nSPS) is 13.7. The number of carbonyl (C=O) groups is 3. The lowest BCUT2D eigenvalue weighted by molar-refractivity contribution is -0.132. The molecule has 180 valence electrons. The van der Waals surface area contributed by atoms with Gasteiger partial charge in [-0.2, -0.15) is 0 Å². The summed E-state index contributed by atoms with van der Waals surface area (Å²) in [5.41, 5.74) is 0.742. The molecular formula is C22H36N3O6P. The van der Waals surface area contributed by atoms with E-state index in [4.69, 9.17) is 14.3 Å². The highest BCUT2D eigenvalue weighted by Gasteiger charge is 2.29. The number of rotatable bonds is 14. The standard InChI is InChI=1S/C22H36N3O6P/c1-5-7-8-9-19(26)24-18(14-16-10-12-17(13-11-16)31-32(29)30)21(27)25-20(15(3)6-2)22(28)23-4/h10-13,15,18,20,29-30H,5-9,14H2,1-4H3,(H,23,28)(H,24,26)(H,25,27). The molecule has 1 aromatic carbocycles. The number of nitrogens with one attached hydrogen (secondary N) is 3. The van der Waals surface area contributed by atoms with Crippen molar-refractivity contribution >= 4 is 26.3 Å². The van der Waals surface area contributed by atoms with Gasteiger partial charge in [-0.15, -0.1) is 0 Å². The van der Waals surface area contributed by atoms with Gasteiger partial charge in [0.1, 0.15) is 17.8 Å². The SMILES string of the molecule is CCCCCC(=O)NC(Cc1ccc(OP(O)O)cc1)C(=O)NC(C(=O)NC)C(C)CC. The molecule has 0 aliphatic carbocycles. The van der Waals surface area contributed by atoms with Crippen molar-refractivity contribution in [2.45, 2.75) is 71.4 Å². The highest BCUT2D eigenvalue weighted by molar-refractivity contribution is 7.39. The van der Waals surface area contributed by atoms with Gasteiger partial charge in [0.25, 0.3) is 0 Å². The molecule has 0 aromatic heterocycles. The van der Waals surface area contributed by atoms with E-state index < -0.39 is 26.6 Å². The first-order valence-corrected chi connectivity index (χ1v) is 12.1. The topological polar surface area (TPSA) is 137 Å². The molecule has 0 saturated heterocycles. The first kappa shape index (κ1) is 27.8. The van der Waals surface area contributed by atoms with Gasteiger partial charge in [-0.1, -0.05) is 52.2 Å². The van der Waals surface area contributed by atoms with Crippen LogP contribution in [0.4, 0.5) is 0 Å². The smallest absolute Gasteiger partial charge is 0.391 e. The number of hydrogen-bond acceptors (Lipinski definition) is 6. The fourth-order valence-electron chi connectivity index (χ4n) is 3.14. The maximum atomic E-state index is 13.1. The molecule has 0 radical (unpaired) electrons. The zero-order valence-corrected chi connectivity index (χ0v) is 20.2. The summed E-state index contributed by atoms with van der Waals surface area (Å²) in [6.07, 6.45) is 3.88. The molecule has 5 N–H and O–H groups in total. The van der Waals surface area contributed by atoms with Crippen LogP contribution in [0.2, 0.25) is 0 Å². The monoisotopic (exact) mass is 469 g/mol. The molecule has 3 unspecified atom stereocenters. The van der Waals surface area contributed by atoms with Crippen molar-refractivity contribution in [3.8, 4) is 5.75 Å². The van der Waals surface area contributed by atoms with Crippen LogP contribution in [-0.4, -0.2) is 46.6 Å². The Balaban J connectivity index is 2.98. The molecule has 1 rings (SSSR count). The summed E-state index contributed by atoms with van der Waals surface area (Å²) in [4.78, 5) is 55.7. The highest BCUT2D eigenvalue weighted by Crippen LogP contribution is 2.28. The molecule has 0 fully saturated rings. The fraction of sp³-hybridized carbons (Fsp3) is 0.591. The number of amides is 3. The van der Waals surface area contributed by atoms with E-state index in [1.54, 1.807) is 24.3 Å². The summed E-state index contributed by atoms with van der Waals surface area (Å²) >= 11 is 0. The molecule has 0 spiro atoms. The van der Waals surface area contributed by atoms with Gasteiger partial charge in [-0.3, -0.25) is 14.4 Å². The highest BCUT2D eigenvalue weighted by atomic mass is 31.2. The van der Waals surface area contributed by atoms with Crippen molar-refractivity contribution in [3.63, 3.8) is 0 Å². The van der Waals surface area contributed by atoms with Crippen LogP contribution in [-0.2, 0) is 20.8 Å². The second-order valence-corrected chi connectivity index (χ2v) is 8.44. The van der Waals surface area contributed by atoms with Crippen LogP contribution in [0.1, 0.15) is 58.4 Å².